The number of benzene rings is 1. The molecule has 2 aromatic rings. The van der Waals surface area contributed by atoms with E-state index in [1.165, 1.54) is 0 Å². The lowest BCUT2D eigenvalue weighted by molar-refractivity contribution is -0.120. The van der Waals surface area contributed by atoms with Crippen molar-refractivity contribution in [2.24, 2.45) is 0 Å². The van der Waals surface area contributed by atoms with Crippen LogP contribution in [0.4, 0.5) is 11.4 Å². The number of morpholine rings is 1. The van der Waals surface area contributed by atoms with Gasteiger partial charge in [-0.15, -0.1) is 0 Å². The Balaban J connectivity index is 1.54. The monoisotopic (exact) mass is 343 g/mol. The molecule has 0 spiro atoms. The molecule has 0 aliphatic carbocycles. The molecule has 1 atom stereocenters. The van der Waals surface area contributed by atoms with Gasteiger partial charge in [-0.05, 0) is 50.4 Å². The normalized spacial score (nSPS) is 16.0. The zero-order valence-electron chi connectivity index (χ0n) is 14.8. The minimum Gasteiger partial charge on any atom is -0.468 e. The predicted molar refractivity (Wildman–Crippen MR) is 97.7 cm³/mol. The van der Waals surface area contributed by atoms with Crippen molar-refractivity contribution in [3.8, 4) is 0 Å². The summed E-state index contributed by atoms with van der Waals surface area (Å²) in [4.78, 5) is 16.7. The molecule has 1 saturated heterocycles. The van der Waals surface area contributed by atoms with Crippen LogP contribution in [0, 0.1) is 0 Å². The molecule has 1 aromatic heterocycles. The quantitative estimate of drug-likeness (QED) is 0.874. The third kappa shape index (κ3) is 4.61. The number of ether oxygens (including phenoxy) is 1. The maximum Gasteiger partial charge on any atom is 0.241 e. The molecule has 0 bridgehead atoms. The van der Waals surface area contributed by atoms with Crippen molar-refractivity contribution >= 4 is 17.3 Å². The van der Waals surface area contributed by atoms with E-state index in [0.717, 1.165) is 43.4 Å². The Kier molecular flexibility index (Phi) is 5.73. The molecule has 1 N–H and O–H groups in total. The zero-order valence-corrected chi connectivity index (χ0v) is 14.8. The average Bonchev–Trinajstić information content (AvgIpc) is 3.15. The standard InChI is InChI=1S/C19H25N3O3/c1-15(21(2)14-18-4-3-11-25-18)19(23)20-16-5-7-17(8-6-16)22-9-12-24-13-10-22/h3-8,11,15H,9-10,12-14H2,1-2H3,(H,20,23)/t15-/m0/s1. The summed E-state index contributed by atoms with van der Waals surface area (Å²) in [6, 6.07) is 11.5. The average molecular weight is 343 g/mol. The third-order valence-corrected chi connectivity index (χ3v) is 4.54. The van der Waals surface area contributed by atoms with Gasteiger partial charge in [-0.3, -0.25) is 9.69 Å². The maximum atomic E-state index is 12.5. The lowest BCUT2D eigenvalue weighted by Gasteiger charge is -2.29. The van der Waals surface area contributed by atoms with E-state index in [2.05, 4.69) is 10.2 Å². The molecule has 6 nitrogen and oxygen atoms in total. The smallest absolute Gasteiger partial charge is 0.241 e. The number of carbonyl (C=O) groups excluding carboxylic acids is 1. The van der Waals surface area contributed by atoms with E-state index in [1.54, 1.807) is 6.26 Å². The van der Waals surface area contributed by atoms with Gasteiger partial charge in [-0.1, -0.05) is 0 Å². The first-order chi connectivity index (χ1) is 12.1. The van der Waals surface area contributed by atoms with E-state index in [-0.39, 0.29) is 11.9 Å². The molecule has 1 aliphatic heterocycles. The van der Waals surface area contributed by atoms with Gasteiger partial charge in [0.05, 0.1) is 32.1 Å². The minimum atomic E-state index is -0.260. The van der Waals surface area contributed by atoms with Crippen molar-refractivity contribution in [2.75, 3.05) is 43.6 Å². The molecule has 134 valence electrons. The Morgan fingerprint density at radius 2 is 1.96 bits per heavy atom. The van der Waals surface area contributed by atoms with Crippen LogP contribution in [0.5, 0.6) is 0 Å². The third-order valence-electron chi connectivity index (χ3n) is 4.54. The van der Waals surface area contributed by atoms with E-state index in [0.29, 0.717) is 6.54 Å². The molecule has 25 heavy (non-hydrogen) atoms. The van der Waals surface area contributed by atoms with Gasteiger partial charge < -0.3 is 19.4 Å². The number of amides is 1. The lowest BCUT2D eigenvalue weighted by Crippen LogP contribution is -2.39. The fraction of sp³-hybridized carbons (Fsp3) is 0.421. The Hall–Kier alpha value is -2.31. The Labute approximate surface area is 148 Å². The van der Waals surface area contributed by atoms with Crippen LogP contribution in [0.2, 0.25) is 0 Å². The molecular formula is C19H25N3O3. The van der Waals surface area contributed by atoms with Crippen molar-refractivity contribution in [1.82, 2.24) is 4.90 Å². The van der Waals surface area contributed by atoms with Crippen LogP contribution in [0.15, 0.2) is 47.1 Å². The molecule has 1 aromatic carbocycles. The van der Waals surface area contributed by atoms with Gasteiger partial charge in [-0.2, -0.15) is 0 Å². The summed E-state index contributed by atoms with van der Waals surface area (Å²) in [5.74, 6) is 0.810. The summed E-state index contributed by atoms with van der Waals surface area (Å²) in [5.41, 5.74) is 1.96. The van der Waals surface area contributed by atoms with Crippen molar-refractivity contribution in [3.05, 3.63) is 48.4 Å². The van der Waals surface area contributed by atoms with Gasteiger partial charge in [0.25, 0.3) is 0 Å². The lowest BCUT2D eigenvalue weighted by atomic mass is 10.2. The van der Waals surface area contributed by atoms with E-state index in [1.807, 2.05) is 55.3 Å². The highest BCUT2D eigenvalue weighted by Crippen LogP contribution is 2.19. The van der Waals surface area contributed by atoms with Crippen LogP contribution in [-0.4, -0.2) is 50.2 Å². The fourth-order valence-corrected chi connectivity index (χ4v) is 2.81. The molecule has 6 heteroatoms. The number of hydrogen-bond donors (Lipinski definition) is 1. The second-order valence-electron chi connectivity index (χ2n) is 6.31. The number of likely N-dealkylation sites (N-methyl/N-ethyl adjacent to an activating group) is 1. The van der Waals surface area contributed by atoms with Gasteiger partial charge in [0.1, 0.15) is 5.76 Å². The highest BCUT2D eigenvalue weighted by Gasteiger charge is 2.19. The highest BCUT2D eigenvalue weighted by molar-refractivity contribution is 5.94. The molecule has 0 unspecified atom stereocenters. The van der Waals surface area contributed by atoms with Crippen LogP contribution in [0.3, 0.4) is 0 Å². The second-order valence-corrected chi connectivity index (χ2v) is 6.31. The van der Waals surface area contributed by atoms with Crippen LogP contribution < -0.4 is 10.2 Å². The number of nitrogens with zero attached hydrogens (tertiary/aromatic N) is 2. The molecule has 3 rings (SSSR count). The van der Waals surface area contributed by atoms with Crippen LogP contribution in [0.1, 0.15) is 12.7 Å². The Morgan fingerprint density at radius 1 is 1.24 bits per heavy atom. The molecule has 0 radical (unpaired) electrons. The molecule has 1 amide bonds. The van der Waals surface area contributed by atoms with Crippen molar-refractivity contribution in [1.29, 1.82) is 0 Å². The van der Waals surface area contributed by atoms with Gasteiger partial charge in [0, 0.05) is 24.5 Å². The number of rotatable bonds is 6. The molecule has 1 fully saturated rings. The number of carbonyl (C=O) groups is 1. The van der Waals surface area contributed by atoms with Crippen molar-refractivity contribution < 1.29 is 13.9 Å². The summed E-state index contributed by atoms with van der Waals surface area (Å²) < 4.78 is 10.7. The molecule has 2 heterocycles. The maximum absolute atomic E-state index is 12.5. The number of hydrogen-bond acceptors (Lipinski definition) is 5. The van der Waals surface area contributed by atoms with E-state index < -0.39 is 0 Å². The molecular weight excluding hydrogens is 318 g/mol. The minimum absolute atomic E-state index is 0.0341. The van der Waals surface area contributed by atoms with Gasteiger partial charge in [0.15, 0.2) is 0 Å². The van der Waals surface area contributed by atoms with E-state index >= 15 is 0 Å². The number of nitrogens with one attached hydrogen (secondary N) is 1. The van der Waals surface area contributed by atoms with Crippen LogP contribution in [0.25, 0.3) is 0 Å². The topological polar surface area (TPSA) is 58.0 Å². The SMILES string of the molecule is C[C@@H](C(=O)Nc1ccc(N2CCOCC2)cc1)N(C)Cc1ccco1. The fourth-order valence-electron chi connectivity index (χ4n) is 2.81. The first-order valence-electron chi connectivity index (χ1n) is 8.60. The highest BCUT2D eigenvalue weighted by atomic mass is 16.5. The first kappa shape index (κ1) is 17.5. The molecule has 1 aliphatic rings. The predicted octanol–water partition coefficient (Wildman–Crippen LogP) is 2.58. The van der Waals surface area contributed by atoms with E-state index in [4.69, 9.17) is 9.15 Å². The van der Waals surface area contributed by atoms with Gasteiger partial charge >= 0.3 is 0 Å². The largest absolute Gasteiger partial charge is 0.468 e. The summed E-state index contributed by atoms with van der Waals surface area (Å²) >= 11 is 0. The van der Waals surface area contributed by atoms with E-state index in [9.17, 15) is 4.79 Å². The number of furan rings is 1. The Morgan fingerprint density at radius 3 is 2.60 bits per heavy atom. The van der Waals surface area contributed by atoms with Crippen molar-refractivity contribution in [3.63, 3.8) is 0 Å². The van der Waals surface area contributed by atoms with Crippen LogP contribution in [-0.2, 0) is 16.1 Å². The summed E-state index contributed by atoms with van der Waals surface area (Å²) in [6.07, 6.45) is 1.64. The van der Waals surface area contributed by atoms with Gasteiger partial charge in [0.2, 0.25) is 5.91 Å². The zero-order chi connectivity index (χ0) is 17.6. The second kappa shape index (κ2) is 8.18. The van der Waals surface area contributed by atoms with Crippen molar-refractivity contribution in [2.45, 2.75) is 19.5 Å². The summed E-state index contributed by atoms with van der Waals surface area (Å²) in [6.45, 7) is 5.81. The van der Waals surface area contributed by atoms with Crippen LogP contribution >= 0.6 is 0 Å². The molecule has 0 saturated carbocycles. The Bertz CT molecular complexity index is 664. The summed E-state index contributed by atoms with van der Waals surface area (Å²) in [7, 11) is 1.91. The van der Waals surface area contributed by atoms with Gasteiger partial charge in [-0.25, -0.2) is 0 Å². The first-order valence-corrected chi connectivity index (χ1v) is 8.60. The number of anilines is 2. The summed E-state index contributed by atoms with van der Waals surface area (Å²) in [5, 5.41) is 2.98.